The van der Waals surface area contributed by atoms with E-state index < -0.39 is 59.4 Å². The highest BCUT2D eigenvalue weighted by molar-refractivity contribution is 6.15. The standard InChI is InChI=1S/C48H70ClN9O7/c1-10-15-37(56(9)49)44(62)55-40(48(5,6)7)47(65)57-23-22-33(26-57)51-42(60)31-18-13-19-32(24-31)43(61)52-34-25-38(45(63)53-36-21-14-17-30-16-11-12-20-35(30)36)58(27-34)46(64)39(28(2)3)54-41(59)29(4)50-8/h11-13,16,18-20,24,28-29,33-34,36-40,50H,10,14-15,17,21-23,25-27H2,1-9H3,(H,51,60)(H,52,61)(H,53,63)(H,54,59)(H,55,62)/t29-,33-,34-,36+,37-,38-,39-,40+/m0/s1. The first kappa shape index (κ1) is 50.9. The smallest absolute Gasteiger partial charge is 0.251 e. The number of carbonyl (C=O) groups is 7. The number of halogens is 1. The molecule has 8 atom stereocenters. The summed E-state index contributed by atoms with van der Waals surface area (Å²) in [4.78, 5) is 99.3. The maximum atomic E-state index is 14.4. The van der Waals surface area contributed by atoms with Crippen LogP contribution in [-0.4, -0.2) is 132 Å². The van der Waals surface area contributed by atoms with Gasteiger partial charge in [0, 0.05) is 49.9 Å². The minimum absolute atomic E-state index is 0.0322. The van der Waals surface area contributed by atoms with Crippen LogP contribution in [0.15, 0.2) is 48.5 Å². The third kappa shape index (κ3) is 12.9. The Balaban J connectivity index is 1.26. The van der Waals surface area contributed by atoms with Crippen LogP contribution in [0.4, 0.5) is 0 Å². The van der Waals surface area contributed by atoms with E-state index in [0.29, 0.717) is 19.4 Å². The zero-order valence-corrected chi connectivity index (χ0v) is 40.2. The van der Waals surface area contributed by atoms with Gasteiger partial charge in [-0.25, -0.2) is 4.42 Å². The number of rotatable bonds is 17. The van der Waals surface area contributed by atoms with Gasteiger partial charge < -0.3 is 41.7 Å². The predicted molar refractivity (Wildman–Crippen MR) is 250 cm³/mol. The first-order chi connectivity index (χ1) is 30.7. The van der Waals surface area contributed by atoms with E-state index in [9.17, 15) is 33.6 Å². The van der Waals surface area contributed by atoms with Gasteiger partial charge >= 0.3 is 0 Å². The first-order valence-electron chi connectivity index (χ1n) is 23.1. The number of carbonyl (C=O) groups excluding carboxylic acids is 7. The Hall–Kier alpha value is -5.06. The van der Waals surface area contributed by atoms with E-state index in [1.54, 1.807) is 44.1 Å². The fourth-order valence-corrected chi connectivity index (χ4v) is 9.12. The van der Waals surface area contributed by atoms with E-state index in [1.807, 2.05) is 59.7 Å². The SMILES string of the molecule is CCC[C@@H](C(=O)N[C@H](C(=O)N1CC[C@H](NC(=O)c2cccc(C(=O)N[C@H]3C[C@@H](C(=O)N[C@@H]4CCCc5ccccc54)N(C(=O)[C@@H](NC(=O)[C@H](C)NC)C(C)C)C3)c2)C1)C(C)(C)C)N(C)Cl. The second-order valence-corrected chi connectivity index (χ2v) is 19.8. The lowest BCUT2D eigenvalue weighted by Crippen LogP contribution is -2.57. The van der Waals surface area contributed by atoms with Crippen LogP contribution in [0.25, 0.3) is 0 Å². The predicted octanol–water partition coefficient (Wildman–Crippen LogP) is 3.44. The maximum absolute atomic E-state index is 14.4. The zero-order valence-electron chi connectivity index (χ0n) is 39.5. The van der Waals surface area contributed by atoms with Crippen molar-refractivity contribution in [3.63, 3.8) is 0 Å². The van der Waals surface area contributed by atoms with E-state index in [0.717, 1.165) is 31.2 Å². The van der Waals surface area contributed by atoms with Gasteiger partial charge in [0.05, 0.1) is 12.1 Å². The molecule has 0 bridgehead atoms. The molecule has 0 spiro atoms. The molecule has 17 heteroatoms. The number of nitrogens with one attached hydrogen (secondary N) is 6. The average Bonchev–Trinajstić information content (AvgIpc) is 3.92. The van der Waals surface area contributed by atoms with Crippen LogP contribution < -0.4 is 31.9 Å². The quantitative estimate of drug-likeness (QED) is 0.129. The summed E-state index contributed by atoms with van der Waals surface area (Å²) in [7, 11) is 3.27. The summed E-state index contributed by atoms with van der Waals surface area (Å²) < 4.78 is 1.34. The fraction of sp³-hybridized carbons (Fsp3) is 0.604. The molecule has 65 heavy (non-hydrogen) atoms. The van der Waals surface area contributed by atoms with Gasteiger partial charge in [-0.05, 0) is 105 Å². The second-order valence-electron chi connectivity index (χ2n) is 19.3. The molecule has 2 aliphatic heterocycles. The molecule has 2 aromatic carbocycles. The molecule has 2 saturated heterocycles. The fourth-order valence-electron chi connectivity index (χ4n) is 8.94. The van der Waals surface area contributed by atoms with Gasteiger partial charge in [0.15, 0.2) is 0 Å². The summed E-state index contributed by atoms with van der Waals surface area (Å²) in [6, 6.07) is 9.30. The number of amides is 7. The Bertz CT molecular complexity index is 2060. The molecule has 7 amide bonds. The summed E-state index contributed by atoms with van der Waals surface area (Å²) in [5, 5.41) is 17.9. The first-order valence-corrected chi connectivity index (χ1v) is 23.4. The molecule has 5 rings (SSSR count). The van der Waals surface area contributed by atoms with Gasteiger partial charge in [0.1, 0.15) is 24.2 Å². The van der Waals surface area contributed by atoms with E-state index >= 15 is 0 Å². The summed E-state index contributed by atoms with van der Waals surface area (Å²) in [6.45, 7) is 13.6. The molecule has 0 aromatic heterocycles. The summed E-state index contributed by atoms with van der Waals surface area (Å²) in [5.41, 5.74) is 2.09. The Kier molecular flexibility index (Phi) is 17.6. The molecule has 0 unspecified atom stereocenters. The third-order valence-corrected chi connectivity index (χ3v) is 13.1. The lowest BCUT2D eigenvalue weighted by molar-refractivity contribution is -0.142. The van der Waals surface area contributed by atoms with E-state index in [4.69, 9.17) is 11.8 Å². The number of likely N-dealkylation sites (tertiary alicyclic amines) is 2. The van der Waals surface area contributed by atoms with Crippen molar-refractivity contribution in [2.75, 3.05) is 33.7 Å². The summed E-state index contributed by atoms with van der Waals surface area (Å²) in [6.07, 6.45) is 4.49. The van der Waals surface area contributed by atoms with Crippen molar-refractivity contribution in [1.29, 1.82) is 0 Å². The zero-order chi connectivity index (χ0) is 47.7. The summed E-state index contributed by atoms with van der Waals surface area (Å²) in [5.74, 6) is -2.86. The van der Waals surface area contributed by atoms with Crippen LogP contribution in [0.2, 0.25) is 0 Å². The van der Waals surface area contributed by atoms with Crippen LogP contribution in [0, 0.1) is 11.3 Å². The van der Waals surface area contributed by atoms with Crippen molar-refractivity contribution in [2.45, 2.75) is 142 Å². The molecule has 2 aromatic rings. The van der Waals surface area contributed by atoms with Crippen molar-refractivity contribution in [1.82, 2.24) is 46.1 Å². The number of likely N-dealkylation sites (N-methyl/N-ethyl adjacent to an activating group) is 2. The molecule has 6 N–H and O–H groups in total. The molecule has 2 fully saturated rings. The Morgan fingerprint density at radius 1 is 0.831 bits per heavy atom. The van der Waals surface area contributed by atoms with Gasteiger partial charge in [0.2, 0.25) is 29.5 Å². The number of benzene rings is 2. The van der Waals surface area contributed by atoms with E-state index in [2.05, 4.69) is 38.0 Å². The summed E-state index contributed by atoms with van der Waals surface area (Å²) >= 11 is 6.19. The Morgan fingerprint density at radius 2 is 1.49 bits per heavy atom. The highest BCUT2D eigenvalue weighted by atomic mass is 35.5. The lowest BCUT2D eigenvalue weighted by atomic mass is 9.85. The van der Waals surface area contributed by atoms with Crippen molar-refractivity contribution in [2.24, 2.45) is 11.3 Å². The van der Waals surface area contributed by atoms with Crippen molar-refractivity contribution >= 4 is 53.1 Å². The Morgan fingerprint density at radius 3 is 2.11 bits per heavy atom. The van der Waals surface area contributed by atoms with Crippen molar-refractivity contribution < 1.29 is 33.6 Å². The lowest BCUT2D eigenvalue weighted by Gasteiger charge is -2.35. The third-order valence-electron chi connectivity index (χ3n) is 12.9. The monoisotopic (exact) mass is 920 g/mol. The van der Waals surface area contributed by atoms with Crippen molar-refractivity contribution in [3.05, 3.63) is 70.8 Å². The minimum atomic E-state index is -0.919. The molecule has 356 valence electrons. The second kappa shape index (κ2) is 22.4. The number of fused-ring (bicyclic) bond motifs is 1. The number of hydrogen-bond donors (Lipinski definition) is 6. The van der Waals surface area contributed by atoms with Crippen LogP contribution in [0.5, 0.6) is 0 Å². The van der Waals surface area contributed by atoms with Gasteiger partial charge in [-0.2, -0.15) is 0 Å². The van der Waals surface area contributed by atoms with Gasteiger partial charge in [0.25, 0.3) is 11.8 Å². The largest absolute Gasteiger partial charge is 0.347 e. The van der Waals surface area contributed by atoms with Gasteiger partial charge in [-0.3, -0.25) is 33.6 Å². The minimum Gasteiger partial charge on any atom is -0.347 e. The maximum Gasteiger partial charge on any atom is 0.251 e. The van der Waals surface area contributed by atoms with Crippen LogP contribution in [0.1, 0.15) is 125 Å². The number of hydrogen-bond acceptors (Lipinski definition) is 9. The molecule has 0 radical (unpaired) electrons. The van der Waals surface area contributed by atoms with E-state index in [-0.39, 0.29) is 72.3 Å². The highest BCUT2D eigenvalue weighted by Crippen LogP contribution is 2.31. The molecule has 1 aliphatic carbocycles. The van der Waals surface area contributed by atoms with E-state index in [1.165, 1.54) is 20.9 Å². The molecule has 3 aliphatic rings. The van der Waals surface area contributed by atoms with Crippen molar-refractivity contribution in [3.8, 4) is 0 Å². The number of nitrogens with zero attached hydrogens (tertiary/aromatic N) is 3. The number of aryl methyl sites for hydroxylation is 1. The molecule has 2 heterocycles. The van der Waals surface area contributed by atoms with Crippen LogP contribution in [0.3, 0.4) is 0 Å². The average molecular weight is 921 g/mol. The normalized spacial score (nSPS) is 21.5. The molecule has 0 saturated carbocycles. The molecular formula is C48H70ClN9O7. The van der Waals surface area contributed by atoms with Crippen LogP contribution in [-0.2, 0) is 30.4 Å². The van der Waals surface area contributed by atoms with Gasteiger partial charge in [-0.15, -0.1) is 0 Å². The molecule has 16 nitrogen and oxygen atoms in total. The highest BCUT2D eigenvalue weighted by Gasteiger charge is 2.44. The van der Waals surface area contributed by atoms with Crippen LogP contribution >= 0.6 is 11.8 Å². The van der Waals surface area contributed by atoms with Gasteiger partial charge in [-0.1, -0.05) is 78.3 Å². The Labute approximate surface area is 389 Å². The molecular weight excluding hydrogens is 850 g/mol. The topological polar surface area (TPSA) is 201 Å².